The third-order valence-corrected chi connectivity index (χ3v) is 8.45. The van der Waals surface area contributed by atoms with E-state index in [0.717, 1.165) is 6.42 Å². The minimum Gasteiger partial charge on any atom is -0.247 e. The first-order valence-corrected chi connectivity index (χ1v) is 15.3. The van der Waals surface area contributed by atoms with E-state index in [1.807, 2.05) is 0 Å². The molecule has 2 unspecified atom stereocenters. The highest BCUT2D eigenvalue weighted by Crippen LogP contribution is 2.43. The monoisotopic (exact) mass is 501 g/mol. The third kappa shape index (κ3) is 9.47. The van der Waals surface area contributed by atoms with Crippen molar-refractivity contribution in [3.63, 3.8) is 0 Å². The van der Waals surface area contributed by atoms with Crippen LogP contribution in [0.25, 0.3) is 0 Å². The predicted molar refractivity (Wildman–Crippen MR) is 159 cm³/mol. The van der Waals surface area contributed by atoms with E-state index in [-0.39, 0.29) is 5.41 Å². The summed E-state index contributed by atoms with van der Waals surface area (Å²) in [5.41, 5.74) is 2.87. The van der Waals surface area contributed by atoms with Crippen LogP contribution in [0.2, 0.25) is 0 Å². The summed E-state index contributed by atoms with van der Waals surface area (Å²) in [5, 5.41) is 0. The normalized spacial score (nSPS) is 13.9. The lowest BCUT2D eigenvalue weighted by molar-refractivity contribution is -0.679. The SMILES string of the molecule is CCCCCCCCCCCCCCCC(c1[nH]cc[n+]1C)C(C)(Cc1ccccc1)c1ccccc1. The van der Waals surface area contributed by atoms with Crippen molar-refractivity contribution in [2.45, 2.75) is 121 Å². The Balaban J connectivity index is 1.55. The number of aromatic nitrogens is 2. The van der Waals surface area contributed by atoms with Crippen molar-refractivity contribution in [3.8, 4) is 0 Å². The van der Waals surface area contributed by atoms with Crippen molar-refractivity contribution < 1.29 is 4.57 Å². The molecule has 0 saturated carbocycles. The van der Waals surface area contributed by atoms with E-state index in [0.29, 0.717) is 5.92 Å². The molecular formula is C35H53N2+. The topological polar surface area (TPSA) is 19.7 Å². The Hall–Kier alpha value is -2.35. The van der Waals surface area contributed by atoms with Crippen molar-refractivity contribution in [3.05, 3.63) is 90.0 Å². The average Bonchev–Trinajstić information content (AvgIpc) is 3.35. The second-order valence-corrected chi connectivity index (χ2v) is 11.5. The van der Waals surface area contributed by atoms with Gasteiger partial charge >= 0.3 is 0 Å². The maximum absolute atomic E-state index is 3.63. The highest BCUT2D eigenvalue weighted by Gasteiger charge is 2.41. The zero-order valence-electron chi connectivity index (χ0n) is 24.1. The van der Waals surface area contributed by atoms with Gasteiger partial charge in [0.2, 0.25) is 0 Å². The maximum Gasteiger partial charge on any atom is 0.258 e. The van der Waals surface area contributed by atoms with Crippen LogP contribution in [-0.4, -0.2) is 4.98 Å². The molecule has 1 aromatic heterocycles. The van der Waals surface area contributed by atoms with Crippen LogP contribution in [-0.2, 0) is 18.9 Å². The summed E-state index contributed by atoms with van der Waals surface area (Å²) in [6, 6.07) is 22.3. The summed E-state index contributed by atoms with van der Waals surface area (Å²) in [6.07, 6.45) is 24.7. The zero-order chi connectivity index (χ0) is 26.2. The minimum atomic E-state index is 0.0162. The van der Waals surface area contributed by atoms with Crippen molar-refractivity contribution in [2.24, 2.45) is 7.05 Å². The number of rotatable bonds is 19. The number of aromatic amines is 1. The summed E-state index contributed by atoms with van der Waals surface area (Å²) < 4.78 is 2.30. The van der Waals surface area contributed by atoms with Crippen LogP contribution >= 0.6 is 0 Å². The summed E-state index contributed by atoms with van der Waals surface area (Å²) >= 11 is 0. The van der Waals surface area contributed by atoms with Gasteiger partial charge in [0.15, 0.2) is 0 Å². The Morgan fingerprint density at radius 2 is 1.22 bits per heavy atom. The Morgan fingerprint density at radius 3 is 1.73 bits per heavy atom. The van der Waals surface area contributed by atoms with Crippen molar-refractivity contribution in [1.82, 2.24) is 4.98 Å². The first kappa shape index (κ1) is 29.2. The molecule has 0 bridgehead atoms. The van der Waals surface area contributed by atoms with Crippen LogP contribution < -0.4 is 4.57 Å². The second kappa shape index (κ2) is 16.5. The highest BCUT2D eigenvalue weighted by molar-refractivity contribution is 5.32. The maximum atomic E-state index is 3.63. The predicted octanol–water partition coefficient (Wildman–Crippen LogP) is 9.60. The molecule has 0 saturated heterocycles. The molecule has 0 radical (unpaired) electrons. The van der Waals surface area contributed by atoms with Crippen LogP contribution in [0.15, 0.2) is 73.1 Å². The Labute approximate surface area is 227 Å². The van der Waals surface area contributed by atoms with E-state index in [9.17, 15) is 0 Å². The van der Waals surface area contributed by atoms with Gasteiger partial charge in [-0.2, -0.15) is 0 Å². The van der Waals surface area contributed by atoms with E-state index in [1.165, 1.54) is 107 Å². The second-order valence-electron chi connectivity index (χ2n) is 11.5. The number of hydrogen-bond donors (Lipinski definition) is 1. The van der Waals surface area contributed by atoms with Crippen LogP contribution in [0.4, 0.5) is 0 Å². The number of H-pyrrole nitrogens is 1. The van der Waals surface area contributed by atoms with E-state index in [4.69, 9.17) is 0 Å². The number of nitrogens with one attached hydrogen (secondary N) is 1. The van der Waals surface area contributed by atoms with Crippen molar-refractivity contribution in [2.75, 3.05) is 0 Å². The van der Waals surface area contributed by atoms with Gasteiger partial charge in [-0.15, -0.1) is 0 Å². The minimum absolute atomic E-state index is 0.0162. The fraction of sp³-hybridized carbons (Fsp3) is 0.571. The number of unbranched alkanes of at least 4 members (excludes halogenated alkanes) is 12. The average molecular weight is 502 g/mol. The Morgan fingerprint density at radius 1 is 0.703 bits per heavy atom. The summed E-state index contributed by atoms with van der Waals surface area (Å²) in [4.78, 5) is 3.63. The van der Waals surface area contributed by atoms with Crippen LogP contribution in [0.3, 0.4) is 0 Å². The number of aryl methyl sites for hydroxylation is 1. The van der Waals surface area contributed by atoms with Crippen LogP contribution in [0.5, 0.6) is 0 Å². The van der Waals surface area contributed by atoms with Gasteiger partial charge in [0.05, 0.1) is 13.0 Å². The fourth-order valence-electron chi connectivity index (χ4n) is 6.15. The number of nitrogens with zero attached hydrogens (tertiary/aromatic N) is 1. The fourth-order valence-corrected chi connectivity index (χ4v) is 6.15. The van der Waals surface area contributed by atoms with Crippen LogP contribution in [0, 0.1) is 0 Å². The molecule has 0 aliphatic heterocycles. The standard InChI is InChI=1S/C35H52N2/c1-4-5-6-7-8-9-10-11-12-13-14-15-22-27-33(34-36-28-29-37(34)3)35(2,32-25-20-17-21-26-32)30-31-23-18-16-19-24-31/h16-21,23-26,28-29,33H,4-15,22,27,30H2,1-3H3/p+1. The largest absolute Gasteiger partial charge is 0.258 e. The van der Waals surface area contributed by atoms with Gasteiger partial charge < -0.3 is 0 Å². The highest BCUT2D eigenvalue weighted by atomic mass is 15.0. The van der Waals surface area contributed by atoms with Gasteiger partial charge in [-0.25, -0.2) is 9.55 Å². The van der Waals surface area contributed by atoms with Gasteiger partial charge in [0, 0.05) is 5.41 Å². The van der Waals surface area contributed by atoms with Crippen molar-refractivity contribution >= 4 is 0 Å². The quantitative estimate of drug-likeness (QED) is 0.125. The molecule has 202 valence electrons. The van der Waals surface area contributed by atoms with E-state index < -0.39 is 0 Å². The smallest absolute Gasteiger partial charge is 0.247 e. The molecular weight excluding hydrogens is 448 g/mol. The van der Waals surface area contributed by atoms with Gasteiger partial charge in [-0.3, -0.25) is 0 Å². The van der Waals surface area contributed by atoms with Crippen LogP contribution in [0.1, 0.15) is 127 Å². The van der Waals surface area contributed by atoms with Gasteiger partial charge in [-0.05, 0) is 24.0 Å². The lowest BCUT2D eigenvalue weighted by Crippen LogP contribution is -2.41. The number of hydrogen-bond acceptors (Lipinski definition) is 0. The molecule has 0 aliphatic carbocycles. The molecule has 0 fully saturated rings. The van der Waals surface area contributed by atoms with E-state index in [2.05, 4.69) is 104 Å². The molecule has 2 heteroatoms. The molecule has 2 atom stereocenters. The molecule has 1 N–H and O–H groups in total. The van der Waals surface area contributed by atoms with E-state index >= 15 is 0 Å². The molecule has 0 spiro atoms. The summed E-state index contributed by atoms with van der Waals surface area (Å²) in [6.45, 7) is 4.79. The Kier molecular flexibility index (Phi) is 13.0. The first-order chi connectivity index (χ1) is 18.1. The third-order valence-electron chi connectivity index (χ3n) is 8.45. The lowest BCUT2D eigenvalue weighted by atomic mass is 9.66. The molecule has 0 amide bonds. The molecule has 3 rings (SSSR count). The first-order valence-electron chi connectivity index (χ1n) is 15.3. The molecule has 37 heavy (non-hydrogen) atoms. The molecule has 2 nitrogen and oxygen atoms in total. The zero-order valence-corrected chi connectivity index (χ0v) is 24.1. The number of imidazole rings is 1. The summed E-state index contributed by atoms with van der Waals surface area (Å²) in [7, 11) is 2.19. The molecule has 0 aliphatic rings. The van der Waals surface area contributed by atoms with Gasteiger partial charge in [0.1, 0.15) is 12.4 Å². The summed E-state index contributed by atoms with van der Waals surface area (Å²) in [5.74, 6) is 1.78. The van der Waals surface area contributed by atoms with Gasteiger partial charge in [-0.1, -0.05) is 158 Å². The number of benzene rings is 2. The molecule has 2 aromatic carbocycles. The Bertz CT molecular complexity index is 961. The molecule has 3 aromatic rings. The lowest BCUT2D eigenvalue weighted by Gasteiger charge is -2.37. The molecule has 1 heterocycles. The van der Waals surface area contributed by atoms with E-state index in [1.54, 1.807) is 0 Å². The van der Waals surface area contributed by atoms with Gasteiger partial charge in [0.25, 0.3) is 5.82 Å². The van der Waals surface area contributed by atoms with Crippen molar-refractivity contribution in [1.29, 1.82) is 0 Å².